The lowest BCUT2D eigenvalue weighted by atomic mass is 10.2. The third kappa shape index (κ3) is 4.12. The van der Waals surface area contributed by atoms with E-state index in [1.807, 2.05) is 37.3 Å². The second-order valence-electron chi connectivity index (χ2n) is 5.61. The van der Waals surface area contributed by atoms with Gasteiger partial charge in [0.05, 0.1) is 18.8 Å². The van der Waals surface area contributed by atoms with Crippen LogP contribution >= 0.6 is 0 Å². The van der Waals surface area contributed by atoms with Gasteiger partial charge in [0.1, 0.15) is 4.90 Å². The van der Waals surface area contributed by atoms with Crippen LogP contribution in [0.25, 0.3) is 0 Å². The van der Waals surface area contributed by atoms with Crippen LogP contribution in [0.2, 0.25) is 0 Å². The lowest BCUT2D eigenvalue weighted by molar-refractivity contribution is 0.380. The Kier molecular flexibility index (Phi) is 4.95. The standard InChI is InChI=1S/C16H19N5O3S/c1-3-15(16-18-12(2)24-19-16)20-25(22,23)14-9-17-21(11-14)10-13-7-5-4-6-8-13/h4-9,11,15,20H,3,10H2,1-2H3. The van der Waals surface area contributed by atoms with Gasteiger partial charge in [-0.3, -0.25) is 4.68 Å². The molecule has 132 valence electrons. The van der Waals surface area contributed by atoms with Crippen molar-refractivity contribution in [2.45, 2.75) is 37.8 Å². The average molecular weight is 361 g/mol. The molecular weight excluding hydrogens is 342 g/mol. The molecule has 25 heavy (non-hydrogen) atoms. The highest BCUT2D eigenvalue weighted by Crippen LogP contribution is 2.18. The highest BCUT2D eigenvalue weighted by Gasteiger charge is 2.24. The zero-order valence-electron chi connectivity index (χ0n) is 14.0. The maximum absolute atomic E-state index is 12.6. The van der Waals surface area contributed by atoms with E-state index in [1.54, 1.807) is 11.6 Å². The summed E-state index contributed by atoms with van der Waals surface area (Å²) >= 11 is 0. The van der Waals surface area contributed by atoms with Crippen LogP contribution in [-0.2, 0) is 16.6 Å². The number of aryl methyl sites for hydroxylation is 1. The van der Waals surface area contributed by atoms with Crippen molar-refractivity contribution in [3.63, 3.8) is 0 Å². The molecule has 3 aromatic rings. The number of rotatable bonds is 7. The molecular formula is C16H19N5O3S. The Bertz CT molecular complexity index is 934. The van der Waals surface area contributed by atoms with Crippen LogP contribution in [0, 0.1) is 6.92 Å². The first kappa shape index (κ1) is 17.3. The van der Waals surface area contributed by atoms with Crippen LogP contribution < -0.4 is 4.72 Å². The molecule has 0 amide bonds. The second-order valence-corrected chi connectivity index (χ2v) is 7.33. The average Bonchev–Trinajstić information content (AvgIpc) is 3.23. The van der Waals surface area contributed by atoms with E-state index in [4.69, 9.17) is 4.52 Å². The van der Waals surface area contributed by atoms with Crippen molar-refractivity contribution < 1.29 is 12.9 Å². The molecule has 2 aromatic heterocycles. The van der Waals surface area contributed by atoms with E-state index >= 15 is 0 Å². The van der Waals surface area contributed by atoms with E-state index in [-0.39, 0.29) is 4.90 Å². The van der Waals surface area contributed by atoms with Gasteiger partial charge >= 0.3 is 0 Å². The topological polar surface area (TPSA) is 103 Å². The maximum atomic E-state index is 12.6. The van der Waals surface area contributed by atoms with Crippen molar-refractivity contribution in [1.82, 2.24) is 24.6 Å². The Balaban J connectivity index is 1.76. The number of benzene rings is 1. The minimum Gasteiger partial charge on any atom is -0.340 e. The normalized spacial score (nSPS) is 13.0. The number of hydrogen-bond donors (Lipinski definition) is 1. The number of hydrogen-bond acceptors (Lipinski definition) is 6. The lowest BCUT2D eigenvalue weighted by Gasteiger charge is -2.12. The first-order valence-corrected chi connectivity index (χ1v) is 9.35. The van der Waals surface area contributed by atoms with Gasteiger partial charge in [0.25, 0.3) is 0 Å². The summed E-state index contributed by atoms with van der Waals surface area (Å²) in [4.78, 5) is 4.19. The van der Waals surface area contributed by atoms with Crippen LogP contribution in [-0.4, -0.2) is 28.3 Å². The summed E-state index contributed by atoms with van der Waals surface area (Å²) in [6, 6.07) is 9.14. The quantitative estimate of drug-likeness (QED) is 0.691. The molecule has 0 fully saturated rings. The molecule has 0 radical (unpaired) electrons. The fourth-order valence-corrected chi connectivity index (χ4v) is 3.60. The van der Waals surface area contributed by atoms with Gasteiger partial charge in [-0.05, 0) is 12.0 Å². The van der Waals surface area contributed by atoms with Gasteiger partial charge in [0.2, 0.25) is 15.9 Å². The molecule has 0 bridgehead atoms. The molecule has 0 spiro atoms. The van der Waals surface area contributed by atoms with E-state index in [2.05, 4.69) is 20.0 Å². The Hall–Kier alpha value is -2.52. The smallest absolute Gasteiger partial charge is 0.244 e. The molecule has 9 heteroatoms. The van der Waals surface area contributed by atoms with E-state index in [0.717, 1.165) is 5.56 Å². The fraction of sp³-hybridized carbons (Fsp3) is 0.312. The number of nitrogens with zero attached hydrogens (tertiary/aromatic N) is 4. The summed E-state index contributed by atoms with van der Waals surface area (Å²) in [5.41, 5.74) is 1.04. The summed E-state index contributed by atoms with van der Waals surface area (Å²) in [7, 11) is -3.74. The zero-order valence-corrected chi connectivity index (χ0v) is 14.8. The van der Waals surface area contributed by atoms with Crippen LogP contribution in [0.3, 0.4) is 0 Å². The molecule has 0 aliphatic carbocycles. The molecule has 0 saturated heterocycles. The van der Waals surface area contributed by atoms with Crippen LogP contribution in [0.1, 0.15) is 36.7 Å². The van der Waals surface area contributed by atoms with Crippen LogP contribution in [0.15, 0.2) is 52.1 Å². The summed E-state index contributed by atoms with van der Waals surface area (Å²) in [5.74, 6) is 0.712. The van der Waals surface area contributed by atoms with Crippen molar-refractivity contribution in [3.8, 4) is 0 Å². The SMILES string of the molecule is CCC(NS(=O)(=O)c1cnn(Cc2ccccc2)c1)c1noc(C)n1. The molecule has 2 heterocycles. The molecule has 0 saturated carbocycles. The third-order valence-electron chi connectivity index (χ3n) is 3.67. The predicted octanol–water partition coefficient (Wildman–Crippen LogP) is 2.05. The van der Waals surface area contributed by atoms with E-state index < -0.39 is 16.1 Å². The van der Waals surface area contributed by atoms with Crippen molar-refractivity contribution in [3.05, 3.63) is 60.0 Å². The molecule has 0 aliphatic heterocycles. The highest BCUT2D eigenvalue weighted by molar-refractivity contribution is 7.89. The molecule has 8 nitrogen and oxygen atoms in total. The van der Waals surface area contributed by atoms with Gasteiger partial charge in [-0.15, -0.1) is 0 Å². The van der Waals surface area contributed by atoms with Crippen molar-refractivity contribution in [1.29, 1.82) is 0 Å². The largest absolute Gasteiger partial charge is 0.340 e. The number of aromatic nitrogens is 4. The minimum absolute atomic E-state index is 0.0992. The van der Waals surface area contributed by atoms with Gasteiger partial charge < -0.3 is 4.52 Å². The Morgan fingerprint density at radius 2 is 2.04 bits per heavy atom. The summed E-state index contributed by atoms with van der Waals surface area (Å²) in [6.45, 7) is 4.00. The predicted molar refractivity (Wildman–Crippen MR) is 90.2 cm³/mol. The second kappa shape index (κ2) is 7.16. The number of nitrogens with one attached hydrogen (secondary N) is 1. The molecule has 1 atom stereocenters. The lowest BCUT2D eigenvalue weighted by Crippen LogP contribution is -2.28. The highest BCUT2D eigenvalue weighted by atomic mass is 32.2. The summed E-state index contributed by atoms with van der Waals surface area (Å²) in [5, 5.41) is 7.93. The van der Waals surface area contributed by atoms with E-state index in [9.17, 15) is 8.42 Å². The van der Waals surface area contributed by atoms with E-state index in [1.165, 1.54) is 12.4 Å². The van der Waals surface area contributed by atoms with Crippen molar-refractivity contribution in [2.75, 3.05) is 0 Å². The Labute approximate surface area is 145 Å². The Morgan fingerprint density at radius 1 is 1.28 bits per heavy atom. The monoisotopic (exact) mass is 361 g/mol. The molecule has 0 aliphatic rings. The summed E-state index contributed by atoms with van der Waals surface area (Å²) in [6.07, 6.45) is 3.33. The van der Waals surface area contributed by atoms with Gasteiger partial charge in [-0.1, -0.05) is 42.4 Å². The first-order chi connectivity index (χ1) is 12.0. The molecule has 1 N–H and O–H groups in total. The zero-order chi connectivity index (χ0) is 17.9. The molecule has 1 unspecified atom stereocenters. The fourth-order valence-electron chi connectivity index (χ4n) is 2.37. The van der Waals surface area contributed by atoms with Gasteiger partial charge in [-0.25, -0.2) is 13.1 Å². The summed E-state index contributed by atoms with van der Waals surface area (Å²) < 4.78 is 34.3. The van der Waals surface area contributed by atoms with Crippen molar-refractivity contribution in [2.24, 2.45) is 0 Å². The first-order valence-electron chi connectivity index (χ1n) is 7.87. The van der Waals surface area contributed by atoms with Crippen LogP contribution in [0.4, 0.5) is 0 Å². The minimum atomic E-state index is -3.74. The molecule has 1 aromatic carbocycles. The maximum Gasteiger partial charge on any atom is 0.244 e. The van der Waals surface area contributed by atoms with Crippen LogP contribution in [0.5, 0.6) is 0 Å². The number of sulfonamides is 1. The van der Waals surface area contributed by atoms with Gasteiger partial charge in [0, 0.05) is 13.1 Å². The molecule has 3 rings (SSSR count). The van der Waals surface area contributed by atoms with Gasteiger partial charge in [-0.2, -0.15) is 10.1 Å². The van der Waals surface area contributed by atoms with Crippen molar-refractivity contribution >= 4 is 10.0 Å². The van der Waals surface area contributed by atoms with Gasteiger partial charge in [0.15, 0.2) is 5.82 Å². The Morgan fingerprint density at radius 3 is 2.68 bits per heavy atom. The van der Waals surface area contributed by atoms with E-state index in [0.29, 0.717) is 24.7 Å². The third-order valence-corrected chi connectivity index (χ3v) is 5.09.